The van der Waals surface area contributed by atoms with Crippen molar-refractivity contribution in [2.45, 2.75) is 26.7 Å². The van der Waals surface area contributed by atoms with Gasteiger partial charge in [-0.2, -0.15) is 0 Å². The number of rotatable bonds is 4. The molecule has 1 saturated heterocycles. The van der Waals surface area contributed by atoms with E-state index >= 15 is 0 Å². The summed E-state index contributed by atoms with van der Waals surface area (Å²) in [5, 5.41) is 3.16. The molecule has 1 aromatic heterocycles. The van der Waals surface area contributed by atoms with Gasteiger partial charge in [-0.15, -0.1) is 11.3 Å². The summed E-state index contributed by atoms with van der Waals surface area (Å²) in [7, 11) is 0. The lowest BCUT2D eigenvalue weighted by Crippen LogP contribution is -2.48. The van der Waals surface area contributed by atoms with Gasteiger partial charge in [-0.1, -0.05) is 24.3 Å². The molecule has 23 heavy (non-hydrogen) atoms. The molecule has 2 aromatic rings. The summed E-state index contributed by atoms with van der Waals surface area (Å²) in [6.07, 6.45) is 1.43. The zero-order chi connectivity index (χ0) is 16.2. The fraction of sp³-hybridized carbons (Fsp3) is 0.444. The zero-order valence-electron chi connectivity index (χ0n) is 13.8. The van der Waals surface area contributed by atoms with E-state index in [0.717, 1.165) is 43.4 Å². The lowest BCUT2D eigenvalue weighted by molar-refractivity contribution is -0.131. The Bertz CT molecular complexity index is 674. The van der Waals surface area contributed by atoms with Gasteiger partial charge in [0.2, 0.25) is 5.91 Å². The predicted molar refractivity (Wildman–Crippen MR) is 95.1 cm³/mol. The van der Waals surface area contributed by atoms with Gasteiger partial charge < -0.3 is 9.80 Å². The van der Waals surface area contributed by atoms with Crippen LogP contribution in [0.4, 0.5) is 5.13 Å². The number of piperazine rings is 1. The number of aromatic nitrogens is 1. The molecule has 1 aliphatic rings. The van der Waals surface area contributed by atoms with Crippen LogP contribution in [0, 0.1) is 13.8 Å². The van der Waals surface area contributed by atoms with Gasteiger partial charge in [-0.05, 0) is 31.4 Å². The molecule has 1 fully saturated rings. The van der Waals surface area contributed by atoms with Gasteiger partial charge in [0.1, 0.15) is 0 Å². The molecule has 0 bridgehead atoms. The van der Waals surface area contributed by atoms with Crippen LogP contribution in [0.3, 0.4) is 0 Å². The first-order valence-corrected chi connectivity index (χ1v) is 9.01. The Kier molecular flexibility index (Phi) is 4.96. The maximum Gasteiger partial charge on any atom is 0.223 e. The lowest BCUT2D eigenvalue weighted by atomic mass is 10.0. The van der Waals surface area contributed by atoms with Crippen molar-refractivity contribution in [3.05, 3.63) is 46.5 Å². The average Bonchev–Trinajstić information content (AvgIpc) is 3.00. The van der Waals surface area contributed by atoms with Gasteiger partial charge in [-0.25, -0.2) is 4.98 Å². The third-order valence-corrected chi connectivity index (χ3v) is 5.40. The average molecular weight is 329 g/mol. The van der Waals surface area contributed by atoms with Gasteiger partial charge in [0.15, 0.2) is 5.13 Å². The number of hydrogen-bond acceptors (Lipinski definition) is 4. The maximum absolute atomic E-state index is 12.4. The van der Waals surface area contributed by atoms with Crippen LogP contribution in [0.1, 0.15) is 23.2 Å². The van der Waals surface area contributed by atoms with E-state index in [4.69, 9.17) is 0 Å². The highest BCUT2D eigenvalue weighted by atomic mass is 32.1. The smallest absolute Gasteiger partial charge is 0.223 e. The van der Waals surface area contributed by atoms with Crippen LogP contribution >= 0.6 is 11.3 Å². The second-order valence-corrected chi connectivity index (χ2v) is 6.90. The molecule has 122 valence electrons. The zero-order valence-corrected chi connectivity index (χ0v) is 14.6. The van der Waals surface area contributed by atoms with Gasteiger partial charge >= 0.3 is 0 Å². The summed E-state index contributed by atoms with van der Waals surface area (Å²) in [6.45, 7) is 7.47. The minimum atomic E-state index is 0.267. The number of nitrogens with zero attached hydrogens (tertiary/aromatic N) is 3. The van der Waals surface area contributed by atoms with E-state index in [1.807, 2.05) is 24.0 Å². The fourth-order valence-electron chi connectivity index (χ4n) is 2.92. The third-order valence-electron chi connectivity index (χ3n) is 4.38. The summed E-state index contributed by atoms with van der Waals surface area (Å²) < 4.78 is 0. The number of carbonyl (C=O) groups is 1. The molecule has 0 aliphatic carbocycles. The number of thiazole rings is 1. The fourth-order valence-corrected chi connectivity index (χ4v) is 3.78. The molecule has 1 aliphatic heterocycles. The molecular weight excluding hydrogens is 306 g/mol. The molecule has 2 heterocycles. The van der Waals surface area contributed by atoms with E-state index < -0.39 is 0 Å². The van der Waals surface area contributed by atoms with Gasteiger partial charge in [-0.3, -0.25) is 4.79 Å². The van der Waals surface area contributed by atoms with Crippen LogP contribution in [0.5, 0.6) is 0 Å². The first kappa shape index (κ1) is 16.0. The van der Waals surface area contributed by atoms with Crippen LogP contribution in [0.25, 0.3) is 0 Å². The van der Waals surface area contributed by atoms with E-state index in [2.05, 4.69) is 34.3 Å². The first-order chi connectivity index (χ1) is 11.1. The van der Waals surface area contributed by atoms with Crippen LogP contribution in [0.2, 0.25) is 0 Å². The molecule has 3 rings (SSSR count). The van der Waals surface area contributed by atoms with Crippen molar-refractivity contribution in [3.8, 4) is 0 Å². The molecule has 5 heteroatoms. The van der Waals surface area contributed by atoms with Crippen molar-refractivity contribution in [2.24, 2.45) is 0 Å². The number of hydrogen-bond donors (Lipinski definition) is 0. The molecule has 0 spiro atoms. The number of aryl methyl sites for hydroxylation is 3. The molecule has 1 amide bonds. The van der Waals surface area contributed by atoms with E-state index in [1.165, 1.54) is 11.1 Å². The Morgan fingerprint density at radius 1 is 1.17 bits per heavy atom. The van der Waals surface area contributed by atoms with Crippen molar-refractivity contribution < 1.29 is 4.79 Å². The Balaban J connectivity index is 1.49. The van der Waals surface area contributed by atoms with Crippen LogP contribution in [0.15, 0.2) is 29.6 Å². The van der Waals surface area contributed by atoms with E-state index in [0.29, 0.717) is 6.42 Å². The first-order valence-electron chi connectivity index (χ1n) is 8.13. The van der Waals surface area contributed by atoms with Gasteiger partial charge in [0, 0.05) is 38.0 Å². The van der Waals surface area contributed by atoms with Crippen LogP contribution in [-0.4, -0.2) is 42.0 Å². The largest absolute Gasteiger partial charge is 0.345 e. The molecule has 0 radical (unpaired) electrons. The van der Waals surface area contributed by atoms with Crippen molar-refractivity contribution in [1.82, 2.24) is 9.88 Å². The summed E-state index contributed by atoms with van der Waals surface area (Å²) in [4.78, 5) is 21.2. The normalized spacial score (nSPS) is 15.0. The van der Waals surface area contributed by atoms with E-state index in [1.54, 1.807) is 11.3 Å². The van der Waals surface area contributed by atoms with Crippen molar-refractivity contribution >= 4 is 22.4 Å². The topological polar surface area (TPSA) is 36.4 Å². The van der Waals surface area contributed by atoms with Crippen LogP contribution in [-0.2, 0) is 11.2 Å². The SMILES string of the molecule is Cc1csc(N2CCN(C(=O)CCc3ccccc3C)CC2)n1. The predicted octanol–water partition coefficient (Wildman–Crippen LogP) is 3.04. The summed E-state index contributed by atoms with van der Waals surface area (Å²) in [5.41, 5.74) is 3.61. The molecule has 0 unspecified atom stereocenters. The number of carbonyl (C=O) groups excluding carboxylic acids is 1. The minimum Gasteiger partial charge on any atom is -0.345 e. The van der Waals surface area contributed by atoms with Crippen molar-refractivity contribution in [1.29, 1.82) is 0 Å². The number of amides is 1. The van der Waals surface area contributed by atoms with Crippen molar-refractivity contribution in [2.75, 3.05) is 31.1 Å². The lowest BCUT2D eigenvalue weighted by Gasteiger charge is -2.34. The highest BCUT2D eigenvalue weighted by Gasteiger charge is 2.22. The van der Waals surface area contributed by atoms with E-state index in [9.17, 15) is 4.79 Å². The van der Waals surface area contributed by atoms with Gasteiger partial charge in [0.05, 0.1) is 5.69 Å². The quantitative estimate of drug-likeness (QED) is 0.865. The van der Waals surface area contributed by atoms with E-state index in [-0.39, 0.29) is 5.91 Å². The molecule has 0 saturated carbocycles. The third kappa shape index (κ3) is 3.91. The molecule has 0 N–H and O–H groups in total. The Morgan fingerprint density at radius 3 is 2.57 bits per heavy atom. The molecule has 4 nitrogen and oxygen atoms in total. The summed E-state index contributed by atoms with van der Waals surface area (Å²) in [5.74, 6) is 0.267. The standard InChI is InChI=1S/C18H23N3OS/c1-14-5-3-4-6-16(14)7-8-17(22)20-9-11-21(12-10-20)18-19-15(2)13-23-18/h3-6,13H,7-12H2,1-2H3. The number of anilines is 1. The molecule has 1 aromatic carbocycles. The highest BCUT2D eigenvalue weighted by Crippen LogP contribution is 2.21. The molecule has 0 atom stereocenters. The Morgan fingerprint density at radius 2 is 1.91 bits per heavy atom. The van der Waals surface area contributed by atoms with Crippen molar-refractivity contribution in [3.63, 3.8) is 0 Å². The Labute approximate surface area is 141 Å². The monoisotopic (exact) mass is 329 g/mol. The van der Waals surface area contributed by atoms with Crippen LogP contribution < -0.4 is 4.90 Å². The second-order valence-electron chi connectivity index (χ2n) is 6.07. The number of benzene rings is 1. The highest BCUT2D eigenvalue weighted by molar-refractivity contribution is 7.13. The molecular formula is C18H23N3OS. The Hall–Kier alpha value is -1.88. The maximum atomic E-state index is 12.4. The minimum absolute atomic E-state index is 0.267. The summed E-state index contributed by atoms with van der Waals surface area (Å²) >= 11 is 1.69. The van der Waals surface area contributed by atoms with Gasteiger partial charge in [0.25, 0.3) is 0 Å². The second kappa shape index (κ2) is 7.13. The summed E-state index contributed by atoms with van der Waals surface area (Å²) in [6, 6.07) is 8.31.